The summed E-state index contributed by atoms with van der Waals surface area (Å²) in [4.78, 5) is 26.1. The summed E-state index contributed by atoms with van der Waals surface area (Å²) in [7, 11) is 0. The molecular formula is C24H24O9. The summed E-state index contributed by atoms with van der Waals surface area (Å²) in [6.07, 6.45) is -3.16. The number of carbonyl (C=O) groups is 2. The Hall–Kier alpha value is -2.82. The van der Waals surface area contributed by atoms with Crippen LogP contribution in [-0.2, 0) is 9.53 Å². The second kappa shape index (κ2) is 7.09. The summed E-state index contributed by atoms with van der Waals surface area (Å²) in [6, 6.07) is 2.93. The molecule has 0 spiro atoms. The minimum atomic E-state index is -2.27. The maximum absolute atomic E-state index is 13.4. The highest BCUT2D eigenvalue weighted by molar-refractivity contribution is 6.24. The normalized spacial score (nSPS) is 35.9. The molecule has 1 aromatic carbocycles. The van der Waals surface area contributed by atoms with Crippen LogP contribution in [0.4, 0.5) is 0 Å². The number of ether oxygens (including phenoxy) is 1. The monoisotopic (exact) mass is 456 g/mol. The summed E-state index contributed by atoms with van der Waals surface area (Å²) in [5, 5.41) is 63.2. The molecule has 6 N–H and O–H groups in total. The van der Waals surface area contributed by atoms with Gasteiger partial charge in [0, 0.05) is 33.4 Å². The molecule has 9 nitrogen and oxygen atoms in total. The lowest BCUT2D eigenvalue weighted by atomic mass is 9.74. The standard InChI is InChI=1S/C24H24O9/c1-8-13(25)5-6-14(33-8)9-3-4-10-17(18(9)26)20(28)11-7-12-16(15(11)19(10)27)21(29)23(31)24(2,32)22(12)30/h3-4,7-8,13-14,21,23,25-26,28-29,31-32H,5-6H2,1-2H3/t8-,13+,14-,21+,23-,24-/m1/s1. The Labute approximate surface area is 188 Å². The van der Waals surface area contributed by atoms with Gasteiger partial charge in [-0.05, 0) is 38.8 Å². The SMILES string of the molecule is C[C@H]1O[C@@H](c2ccc3c(c2O)C(O)=C2C=C4C(=O)[C@@](C)(O)[C@H](O)[C@@H](O)C4=C2C3=O)CC[C@@H]1O. The minimum absolute atomic E-state index is 0.0370. The van der Waals surface area contributed by atoms with Crippen LogP contribution in [-0.4, -0.2) is 72.2 Å². The molecule has 9 heteroatoms. The number of benzene rings is 1. The first-order valence-corrected chi connectivity index (χ1v) is 10.7. The van der Waals surface area contributed by atoms with E-state index in [0.29, 0.717) is 18.4 Å². The molecule has 0 radical (unpaired) electrons. The number of carbonyl (C=O) groups excluding carboxylic acids is 2. The van der Waals surface area contributed by atoms with E-state index in [4.69, 9.17) is 4.74 Å². The van der Waals surface area contributed by atoms with Crippen molar-refractivity contribution in [3.05, 3.63) is 57.2 Å². The van der Waals surface area contributed by atoms with E-state index in [0.717, 1.165) is 6.92 Å². The van der Waals surface area contributed by atoms with Crippen LogP contribution in [0.25, 0.3) is 5.76 Å². The van der Waals surface area contributed by atoms with E-state index >= 15 is 0 Å². The molecule has 1 aromatic rings. The van der Waals surface area contributed by atoms with Gasteiger partial charge in [0.2, 0.25) is 0 Å². The van der Waals surface area contributed by atoms with E-state index in [-0.39, 0.29) is 39.2 Å². The molecule has 2 fully saturated rings. The lowest BCUT2D eigenvalue weighted by Crippen LogP contribution is -2.57. The molecule has 3 aliphatic carbocycles. The van der Waals surface area contributed by atoms with Crippen molar-refractivity contribution in [3.8, 4) is 5.75 Å². The van der Waals surface area contributed by atoms with E-state index < -0.39 is 53.4 Å². The van der Waals surface area contributed by atoms with E-state index in [1.165, 1.54) is 18.2 Å². The molecule has 0 aromatic heterocycles. The van der Waals surface area contributed by atoms with Gasteiger partial charge in [0.25, 0.3) is 0 Å². The van der Waals surface area contributed by atoms with Crippen LogP contribution in [0.5, 0.6) is 5.75 Å². The first kappa shape index (κ1) is 22.0. The van der Waals surface area contributed by atoms with Crippen molar-refractivity contribution in [2.75, 3.05) is 0 Å². The lowest BCUT2D eigenvalue weighted by Gasteiger charge is -2.38. The second-order valence-electron chi connectivity index (χ2n) is 9.20. The van der Waals surface area contributed by atoms with Crippen molar-refractivity contribution in [1.29, 1.82) is 0 Å². The Balaban J connectivity index is 1.67. The van der Waals surface area contributed by atoms with Crippen molar-refractivity contribution in [2.45, 2.75) is 62.8 Å². The van der Waals surface area contributed by atoms with Crippen LogP contribution in [0.2, 0.25) is 0 Å². The van der Waals surface area contributed by atoms with E-state index in [1.54, 1.807) is 6.92 Å². The maximum atomic E-state index is 13.4. The van der Waals surface area contributed by atoms with Crippen LogP contribution in [0, 0.1) is 0 Å². The third kappa shape index (κ3) is 2.84. The number of phenols is 1. The second-order valence-corrected chi connectivity index (χ2v) is 9.20. The smallest absolute Gasteiger partial charge is 0.197 e. The largest absolute Gasteiger partial charge is 0.507 e. The number of aliphatic hydroxyl groups excluding tert-OH is 4. The van der Waals surface area contributed by atoms with E-state index in [9.17, 15) is 40.2 Å². The average molecular weight is 456 g/mol. The zero-order valence-electron chi connectivity index (χ0n) is 17.9. The summed E-state index contributed by atoms with van der Waals surface area (Å²) >= 11 is 0. The molecule has 0 amide bonds. The molecular weight excluding hydrogens is 432 g/mol. The van der Waals surface area contributed by atoms with Crippen LogP contribution in [0.1, 0.15) is 54.3 Å². The van der Waals surface area contributed by atoms with Crippen molar-refractivity contribution in [2.24, 2.45) is 0 Å². The zero-order valence-corrected chi connectivity index (χ0v) is 17.9. The Bertz CT molecular complexity index is 1200. The van der Waals surface area contributed by atoms with E-state index in [1.807, 2.05) is 0 Å². The highest BCUT2D eigenvalue weighted by atomic mass is 16.5. The molecule has 5 rings (SSSR count). The first-order valence-electron chi connectivity index (χ1n) is 10.7. The molecule has 4 aliphatic rings. The fraction of sp³-hybridized carbons (Fsp3) is 0.417. The number of phenolic OH excluding ortho intramolecular Hbond substituents is 1. The molecule has 0 unspecified atom stereocenters. The molecule has 1 saturated carbocycles. The molecule has 1 saturated heterocycles. The average Bonchev–Trinajstić information content (AvgIpc) is 3.18. The Morgan fingerprint density at radius 3 is 2.45 bits per heavy atom. The number of fused-ring (bicyclic) bond motifs is 3. The van der Waals surface area contributed by atoms with Gasteiger partial charge in [0.05, 0.1) is 23.9 Å². The van der Waals surface area contributed by atoms with Crippen LogP contribution in [0.3, 0.4) is 0 Å². The van der Waals surface area contributed by atoms with Gasteiger partial charge in [-0.3, -0.25) is 9.59 Å². The summed E-state index contributed by atoms with van der Waals surface area (Å²) in [6.45, 7) is 2.78. The van der Waals surface area contributed by atoms with Crippen LogP contribution in [0.15, 0.2) is 40.5 Å². The molecule has 0 bridgehead atoms. The number of allylic oxidation sites excluding steroid dienone is 3. The predicted molar refractivity (Wildman–Crippen MR) is 113 cm³/mol. The maximum Gasteiger partial charge on any atom is 0.197 e. The van der Waals surface area contributed by atoms with Crippen molar-refractivity contribution >= 4 is 17.3 Å². The van der Waals surface area contributed by atoms with E-state index in [2.05, 4.69) is 0 Å². The Morgan fingerprint density at radius 2 is 1.79 bits per heavy atom. The first-order chi connectivity index (χ1) is 15.5. The van der Waals surface area contributed by atoms with Gasteiger partial charge in [-0.15, -0.1) is 0 Å². The quantitative estimate of drug-likeness (QED) is 0.358. The number of rotatable bonds is 1. The third-order valence-corrected chi connectivity index (χ3v) is 7.16. The number of hydrogen-bond acceptors (Lipinski definition) is 9. The number of Topliss-reactive ketones (excluding diaryl/α,β-unsaturated/α-hetero) is 2. The summed E-state index contributed by atoms with van der Waals surface area (Å²) in [5.74, 6) is -2.35. The van der Waals surface area contributed by atoms with Gasteiger partial charge in [-0.1, -0.05) is 6.07 Å². The molecule has 6 atom stereocenters. The molecule has 174 valence electrons. The minimum Gasteiger partial charge on any atom is -0.507 e. The highest BCUT2D eigenvalue weighted by Crippen LogP contribution is 2.50. The van der Waals surface area contributed by atoms with Crippen molar-refractivity contribution in [1.82, 2.24) is 0 Å². The van der Waals surface area contributed by atoms with Gasteiger partial charge < -0.3 is 35.4 Å². The topological polar surface area (TPSA) is 165 Å². The van der Waals surface area contributed by atoms with Crippen LogP contribution < -0.4 is 0 Å². The predicted octanol–water partition coefficient (Wildman–Crippen LogP) is 0.751. The summed E-state index contributed by atoms with van der Waals surface area (Å²) in [5.41, 5.74) is -2.63. The van der Waals surface area contributed by atoms with Crippen molar-refractivity contribution < 1.29 is 45.0 Å². The number of ketones is 2. The van der Waals surface area contributed by atoms with Crippen LogP contribution >= 0.6 is 0 Å². The number of hydrogen-bond donors (Lipinski definition) is 6. The molecule has 1 heterocycles. The van der Waals surface area contributed by atoms with Crippen molar-refractivity contribution in [3.63, 3.8) is 0 Å². The van der Waals surface area contributed by atoms with Gasteiger partial charge in [-0.2, -0.15) is 0 Å². The van der Waals surface area contributed by atoms with Gasteiger partial charge in [0.1, 0.15) is 23.7 Å². The highest BCUT2D eigenvalue weighted by Gasteiger charge is 2.54. The number of aliphatic hydroxyl groups is 5. The molecule has 33 heavy (non-hydrogen) atoms. The number of aromatic hydroxyl groups is 1. The van der Waals surface area contributed by atoms with Gasteiger partial charge in [0.15, 0.2) is 17.2 Å². The fourth-order valence-electron chi connectivity index (χ4n) is 5.14. The third-order valence-electron chi connectivity index (χ3n) is 7.16. The fourth-order valence-corrected chi connectivity index (χ4v) is 5.14. The zero-order chi connectivity index (χ0) is 24.0. The lowest BCUT2D eigenvalue weighted by molar-refractivity contribution is -0.155. The Morgan fingerprint density at radius 1 is 1.09 bits per heavy atom. The summed E-state index contributed by atoms with van der Waals surface area (Å²) < 4.78 is 5.80. The Kier molecular flexibility index (Phi) is 4.72. The van der Waals surface area contributed by atoms with Gasteiger partial charge >= 0.3 is 0 Å². The molecule has 1 aliphatic heterocycles. The van der Waals surface area contributed by atoms with Gasteiger partial charge in [-0.25, -0.2) is 0 Å².